The molecule has 0 radical (unpaired) electrons. The van der Waals surface area contributed by atoms with Gasteiger partial charge in [-0.25, -0.2) is 21.9 Å². The number of benzene rings is 1. The fraction of sp³-hybridized carbons (Fsp3) is 0.389. The van der Waals surface area contributed by atoms with Crippen LogP contribution in [-0.2, 0) is 15.8 Å². The Kier molecular flexibility index (Phi) is 5.83. The topological polar surface area (TPSA) is 62.3 Å². The average Bonchev–Trinajstić information content (AvgIpc) is 2.64. The minimum absolute atomic E-state index is 0.163. The van der Waals surface area contributed by atoms with Gasteiger partial charge in [0.25, 0.3) is 0 Å². The molecule has 5 nitrogen and oxygen atoms in total. The maximum Gasteiger partial charge on any atom is 0.215 e. The van der Waals surface area contributed by atoms with Crippen LogP contribution in [0.2, 0.25) is 0 Å². The zero-order valence-corrected chi connectivity index (χ0v) is 15.1. The lowest BCUT2D eigenvalue weighted by Gasteiger charge is -2.33. The maximum absolute atomic E-state index is 13.6. The molecule has 8 heteroatoms. The molecule has 2 aromatic rings. The summed E-state index contributed by atoms with van der Waals surface area (Å²) in [4.78, 5) is 6.33. The Hall–Kier alpha value is -2.06. The molecule has 1 aliphatic rings. The molecule has 2 heterocycles. The minimum Gasteiger partial charge on any atom is -0.370 e. The number of hydrogen-bond donors (Lipinski definition) is 1. The summed E-state index contributed by atoms with van der Waals surface area (Å²) in [7, 11) is -3.72. The summed E-state index contributed by atoms with van der Waals surface area (Å²) in [5.74, 6) is -1.72. The number of aromatic nitrogens is 1. The van der Waals surface area contributed by atoms with E-state index in [1.165, 1.54) is 0 Å². The van der Waals surface area contributed by atoms with Gasteiger partial charge < -0.3 is 4.90 Å². The van der Waals surface area contributed by atoms with Crippen molar-refractivity contribution >= 4 is 15.7 Å². The van der Waals surface area contributed by atoms with E-state index in [4.69, 9.17) is 0 Å². The molecule has 3 rings (SSSR count). The molecule has 26 heavy (non-hydrogen) atoms. The van der Waals surface area contributed by atoms with E-state index in [0.717, 1.165) is 49.8 Å². The highest BCUT2D eigenvalue weighted by Gasteiger charge is 2.22. The number of halogens is 2. The number of hydrogen-bond acceptors (Lipinski definition) is 4. The Morgan fingerprint density at radius 3 is 2.65 bits per heavy atom. The fourth-order valence-corrected chi connectivity index (χ4v) is 4.31. The van der Waals surface area contributed by atoms with Crippen molar-refractivity contribution in [3.63, 3.8) is 0 Å². The van der Waals surface area contributed by atoms with Gasteiger partial charge in [0.05, 0.1) is 17.6 Å². The lowest BCUT2D eigenvalue weighted by Crippen LogP contribution is -2.39. The number of sulfonamides is 1. The normalized spacial score (nSPS) is 16.0. The van der Waals surface area contributed by atoms with E-state index in [-0.39, 0.29) is 11.5 Å². The Labute approximate surface area is 152 Å². The maximum atomic E-state index is 13.6. The number of anilines is 1. The Morgan fingerprint density at radius 1 is 1.19 bits per heavy atom. The first-order valence-electron chi connectivity index (χ1n) is 8.49. The van der Waals surface area contributed by atoms with Gasteiger partial charge >= 0.3 is 0 Å². The van der Waals surface area contributed by atoms with E-state index >= 15 is 0 Å². The molecular formula is C18H21F2N3O2S. The van der Waals surface area contributed by atoms with Crippen LogP contribution in [0.1, 0.15) is 18.4 Å². The van der Waals surface area contributed by atoms with Gasteiger partial charge in [0.15, 0.2) is 0 Å². The quantitative estimate of drug-likeness (QED) is 0.836. The predicted octanol–water partition coefficient (Wildman–Crippen LogP) is 2.70. The Morgan fingerprint density at radius 2 is 1.96 bits per heavy atom. The van der Waals surface area contributed by atoms with Crippen LogP contribution < -0.4 is 9.62 Å². The highest BCUT2D eigenvalue weighted by molar-refractivity contribution is 7.88. The Bertz CT molecular complexity index is 839. The van der Waals surface area contributed by atoms with Crippen molar-refractivity contribution in [3.8, 4) is 0 Å². The van der Waals surface area contributed by atoms with Crippen LogP contribution in [0, 0.1) is 17.6 Å². The summed E-state index contributed by atoms with van der Waals surface area (Å²) in [5.41, 5.74) is 0.900. The second-order valence-corrected chi connectivity index (χ2v) is 8.29. The molecule has 0 bridgehead atoms. The number of pyridine rings is 1. The van der Waals surface area contributed by atoms with Gasteiger partial charge in [0, 0.05) is 31.4 Å². The van der Waals surface area contributed by atoms with Crippen LogP contribution in [-0.4, -0.2) is 33.0 Å². The third-order valence-electron chi connectivity index (χ3n) is 4.57. The van der Waals surface area contributed by atoms with Crippen LogP contribution >= 0.6 is 0 Å². The molecule has 1 fully saturated rings. The summed E-state index contributed by atoms with van der Waals surface area (Å²) in [5, 5.41) is 0. The zero-order chi connectivity index (χ0) is 18.6. The minimum atomic E-state index is -3.72. The van der Waals surface area contributed by atoms with Crippen molar-refractivity contribution in [3.05, 3.63) is 59.9 Å². The summed E-state index contributed by atoms with van der Waals surface area (Å²) in [6, 6.07) is 6.72. The first kappa shape index (κ1) is 18.7. The summed E-state index contributed by atoms with van der Waals surface area (Å²) < 4.78 is 53.7. The van der Waals surface area contributed by atoms with E-state index in [0.29, 0.717) is 6.54 Å². The second kappa shape index (κ2) is 8.09. The van der Waals surface area contributed by atoms with Crippen LogP contribution in [0.3, 0.4) is 0 Å². The molecule has 0 saturated carbocycles. The third kappa shape index (κ3) is 4.98. The van der Waals surface area contributed by atoms with Gasteiger partial charge in [-0.1, -0.05) is 0 Å². The molecule has 1 saturated heterocycles. The van der Waals surface area contributed by atoms with Gasteiger partial charge in [-0.3, -0.25) is 4.98 Å². The molecule has 140 valence electrons. The summed E-state index contributed by atoms with van der Waals surface area (Å²) in [6.07, 6.45) is 5.25. The number of nitrogens with zero attached hydrogens (tertiary/aromatic N) is 2. The second-order valence-electron chi connectivity index (χ2n) is 6.48. The highest BCUT2D eigenvalue weighted by Crippen LogP contribution is 2.22. The fourth-order valence-electron chi connectivity index (χ4n) is 3.09. The van der Waals surface area contributed by atoms with Crippen LogP contribution in [0.5, 0.6) is 0 Å². The summed E-state index contributed by atoms with van der Waals surface area (Å²) in [6.45, 7) is 1.97. The van der Waals surface area contributed by atoms with Gasteiger partial charge in [-0.15, -0.1) is 0 Å². The first-order chi connectivity index (χ1) is 12.4. The lowest BCUT2D eigenvalue weighted by atomic mass is 9.97. The zero-order valence-electron chi connectivity index (χ0n) is 14.2. The standard InChI is InChI=1S/C18H21F2N3O2S/c19-16-3-4-18(20)15(10-16)13-26(24,25)22-11-14-5-8-23(9-6-14)17-2-1-7-21-12-17/h1-4,7,10,12,14,22H,5-6,8-9,11,13H2. The van der Waals surface area contributed by atoms with Gasteiger partial charge in [0.2, 0.25) is 10.0 Å². The SMILES string of the molecule is O=S(=O)(Cc1cc(F)ccc1F)NCC1CCN(c2cccnc2)CC1. The van der Waals surface area contributed by atoms with E-state index in [2.05, 4.69) is 14.6 Å². The van der Waals surface area contributed by atoms with Crippen LogP contribution in [0.25, 0.3) is 0 Å². The molecule has 0 spiro atoms. The van der Waals surface area contributed by atoms with E-state index in [9.17, 15) is 17.2 Å². The van der Waals surface area contributed by atoms with Crippen molar-refractivity contribution in [1.82, 2.24) is 9.71 Å². The first-order valence-corrected chi connectivity index (χ1v) is 10.1. The molecule has 0 aliphatic carbocycles. The van der Waals surface area contributed by atoms with E-state index in [1.54, 1.807) is 6.20 Å². The van der Waals surface area contributed by atoms with Crippen LogP contribution in [0.15, 0.2) is 42.7 Å². The molecule has 1 aromatic carbocycles. The predicted molar refractivity (Wildman–Crippen MR) is 96.2 cm³/mol. The van der Waals surface area contributed by atoms with Crippen LogP contribution in [0.4, 0.5) is 14.5 Å². The largest absolute Gasteiger partial charge is 0.370 e. The van der Waals surface area contributed by atoms with Crippen molar-refractivity contribution in [1.29, 1.82) is 0 Å². The van der Waals surface area contributed by atoms with Gasteiger partial charge in [0.1, 0.15) is 11.6 Å². The highest BCUT2D eigenvalue weighted by atomic mass is 32.2. The average molecular weight is 381 g/mol. The molecule has 0 unspecified atom stereocenters. The van der Waals surface area contributed by atoms with E-state index in [1.807, 2.05) is 18.3 Å². The van der Waals surface area contributed by atoms with Crippen molar-refractivity contribution in [2.45, 2.75) is 18.6 Å². The molecular weight excluding hydrogens is 360 g/mol. The van der Waals surface area contributed by atoms with E-state index < -0.39 is 27.4 Å². The number of nitrogens with one attached hydrogen (secondary N) is 1. The third-order valence-corrected chi connectivity index (χ3v) is 5.87. The summed E-state index contributed by atoms with van der Waals surface area (Å²) >= 11 is 0. The van der Waals surface area contributed by atoms with Gasteiger partial charge in [-0.05, 0) is 49.1 Å². The molecule has 0 amide bonds. The van der Waals surface area contributed by atoms with Crippen molar-refractivity contribution in [2.24, 2.45) is 5.92 Å². The molecule has 1 aromatic heterocycles. The van der Waals surface area contributed by atoms with Crippen molar-refractivity contribution < 1.29 is 17.2 Å². The smallest absolute Gasteiger partial charge is 0.215 e. The number of rotatable bonds is 6. The molecule has 1 N–H and O–H groups in total. The molecule has 0 atom stereocenters. The Balaban J connectivity index is 1.50. The number of piperidine rings is 1. The monoisotopic (exact) mass is 381 g/mol. The van der Waals surface area contributed by atoms with Crippen molar-refractivity contribution in [2.75, 3.05) is 24.5 Å². The lowest BCUT2D eigenvalue weighted by molar-refractivity contribution is 0.401. The molecule has 1 aliphatic heterocycles. The van der Waals surface area contributed by atoms with Gasteiger partial charge in [-0.2, -0.15) is 0 Å².